The highest BCUT2D eigenvalue weighted by molar-refractivity contribution is 5.75. The highest BCUT2D eigenvalue weighted by Crippen LogP contribution is 2.30. The third-order valence-electron chi connectivity index (χ3n) is 3.74. The van der Waals surface area contributed by atoms with Crippen molar-refractivity contribution in [3.05, 3.63) is 59.7 Å². The van der Waals surface area contributed by atoms with Gasteiger partial charge in [-0.1, -0.05) is 25.1 Å². The number of halogens is 4. The lowest BCUT2D eigenvalue weighted by Crippen LogP contribution is -2.17. The molecule has 3 nitrogen and oxygen atoms in total. The van der Waals surface area contributed by atoms with Gasteiger partial charge in [0, 0.05) is 5.92 Å². The summed E-state index contributed by atoms with van der Waals surface area (Å²) in [6.45, 7) is 1.92. The third-order valence-corrected chi connectivity index (χ3v) is 3.74. The lowest BCUT2D eigenvalue weighted by molar-refractivity contribution is -0.274. The normalized spacial score (nSPS) is 13.2. The van der Waals surface area contributed by atoms with Gasteiger partial charge >= 0.3 is 6.36 Å². The average molecular weight is 338 g/mol. The summed E-state index contributed by atoms with van der Waals surface area (Å²) in [5.74, 6) is -0.311. The first kappa shape index (κ1) is 16.3. The molecule has 0 aliphatic heterocycles. The molecule has 0 aliphatic carbocycles. The molecule has 24 heavy (non-hydrogen) atoms. The van der Waals surface area contributed by atoms with Crippen LogP contribution in [0.3, 0.4) is 0 Å². The number of rotatable bonds is 4. The van der Waals surface area contributed by atoms with Crippen LogP contribution in [0.1, 0.15) is 30.7 Å². The van der Waals surface area contributed by atoms with Gasteiger partial charge in [0.2, 0.25) is 0 Å². The van der Waals surface area contributed by atoms with Crippen LogP contribution < -0.4 is 4.74 Å². The Labute approximate surface area is 135 Å². The van der Waals surface area contributed by atoms with E-state index < -0.39 is 12.2 Å². The maximum Gasteiger partial charge on any atom is 0.573 e. The van der Waals surface area contributed by atoms with E-state index in [-0.39, 0.29) is 17.2 Å². The predicted octanol–water partition coefficient (Wildman–Crippen LogP) is 5.14. The molecule has 0 saturated carbocycles. The zero-order valence-electron chi connectivity index (χ0n) is 12.7. The van der Waals surface area contributed by atoms with Crippen molar-refractivity contribution in [1.29, 1.82) is 0 Å². The molecular weight excluding hydrogens is 324 g/mol. The van der Waals surface area contributed by atoms with Crippen molar-refractivity contribution in [3.63, 3.8) is 0 Å². The van der Waals surface area contributed by atoms with Crippen LogP contribution in [-0.4, -0.2) is 16.3 Å². The summed E-state index contributed by atoms with van der Waals surface area (Å²) in [4.78, 5) is 7.38. The lowest BCUT2D eigenvalue weighted by Gasteiger charge is -2.14. The molecule has 0 aliphatic rings. The van der Waals surface area contributed by atoms with Gasteiger partial charge in [-0.05, 0) is 36.2 Å². The summed E-state index contributed by atoms with van der Waals surface area (Å²) < 4.78 is 54.3. The Morgan fingerprint density at radius 1 is 1.12 bits per heavy atom. The molecule has 1 aromatic heterocycles. The molecule has 3 aromatic rings. The Morgan fingerprint density at radius 2 is 1.83 bits per heavy atom. The monoisotopic (exact) mass is 338 g/mol. The molecule has 2 aromatic carbocycles. The SMILES string of the molecule is CCC(c1ccc(OC(F)(F)F)cc1)c1nc2c(F)cccc2[nH]1. The number of hydrogen-bond donors (Lipinski definition) is 1. The van der Waals surface area contributed by atoms with E-state index in [1.807, 2.05) is 6.92 Å². The van der Waals surface area contributed by atoms with Crippen LogP contribution in [0.25, 0.3) is 11.0 Å². The lowest BCUT2D eigenvalue weighted by atomic mass is 9.96. The van der Waals surface area contributed by atoms with Crippen LogP contribution in [0.4, 0.5) is 17.6 Å². The van der Waals surface area contributed by atoms with Crippen molar-refractivity contribution in [2.24, 2.45) is 0 Å². The second-order valence-electron chi connectivity index (χ2n) is 5.34. The number of nitrogens with one attached hydrogen (secondary N) is 1. The molecule has 0 fully saturated rings. The van der Waals surface area contributed by atoms with E-state index in [0.29, 0.717) is 17.8 Å². The fourth-order valence-electron chi connectivity index (χ4n) is 2.67. The molecule has 3 rings (SSSR count). The summed E-state index contributed by atoms with van der Waals surface area (Å²) in [6, 6.07) is 10.3. The zero-order valence-corrected chi connectivity index (χ0v) is 12.7. The number of aromatic amines is 1. The number of hydrogen-bond acceptors (Lipinski definition) is 2. The molecule has 0 amide bonds. The Bertz CT molecular complexity index is 840. The molecule has 1 atom stereocenters. The highest BCUT2D eigenvalue weighted by Gasteiger charge is 2.31. The Balaban J connectivity index is 1.91. The number of para-hydroxylation sites is 1. The summed E-state index contributed by atoms with van der Waals surface area (Å²) in [5, 5.41) is 0. The molecule has 1 heterocycles. The first-order chi connectivity index (χ1) is 11.4. The van der Waals surface area contributed by atoms with Crippen LogP contribution in [-0.2, 0) is 0 Å². The average Bonchev–Trinajstić information content (AvgIpc) is 2.93. The van der Waals surface area contributed by atoms with E-state index in [1.165, 1.54) is 18.2 Å². The van der Waals surface area contributed by atoms with Gasteiger partial charge in [-0.25, -0.2) is 9.37 Å². The Hall–Kier alpha value is -2.57. The van der Waals surface area contributed by atoms with Gasteiger partial charge in [-0.15, -0.1) is 13.2 Å². The smallest absolute Gasteiger partial charge is 0.406 e. The molecule has 0 saturated heterocycles. The summed E-state index contributed by atoms with van der Waals surface area (Å²) in [7, 11) is 0. The van der Waals surface area contributed by atoms with Gasteiger partial charge in [-0.3, -0.25) is 0 Å². The highest BCUT2D eigenvalue weighted by atomic mass is 19.4. The van der Waals surface area contributed by atoms with E-state index in [0.717, 1.165) is 5.56 Å². The molecule has 1 unspecified atom stereocenters. The maximum atomic E-state index is 13.8. The second-order valence-corrected chi connectivity index (χ2v) is 5.34. The number of imidazole rings is 1. The van der Waals surface area contributed by atoms with Gasteiger partial charge in [0.05, 0.1) is 5.52 Å². The molecule has 0 bridgehead atoms. The largest absolute Gasteiger partial charge is 0.573 e. The number of benzene rings is 2. The van der Waals surface area contributed by atoms with E-state index in [2.05, 4.69) is 14.7 Å². The molecule has 126 valence electrons. The van der Waals surface area contributed by atoms with Crippen LogP contribution in [0, 0.1) is 5.82 Å². The standard InChI is InChI=1S/C17H14F4N2O/c1-2-12(10-6-8-11(9-7-10)24-17(19,20)21)16-22-14-5-3-4-13(18)15(14)23-16/h3-9,12H,2H2,1H3,(H,22,23). The zero-order chi connectivity index (χ0) is 17.3. The fourth-order valence-corrected chi connectivity index (χ4v) is 2.67. The molecule has 7 heteroatoms. The van der Waals surface area contributed by atoms with Gasteiger partial charge in [0.25, 0.3) is 0 Å². The quantitative estimate of drug-likeness (QED) is 0.669. The predicted molar refractivity (Wildman–Crippen MR) is 81.3 cm³/mol. The van der Waals surface area contributed by atoms with Gasteiger partial charge in [0.1, 0.15) is 17.1 Å². The number of ether oxygens (including phenoxy) is 1. The van der Waals surface area contributed by atoms with E-state index >= 15 is 0 Å². The van der Waals surface area contributed by atoms with Crippen molar-refractivity contribution in [3.8, 4) is 5.75 Å². The van der Waals surface area contributed by atoms with Gasteiger partial charge in [0.15, 0.2) is 5.82 Å². The molecular formula is C17H14F4N2O. The number of nitrogens with zero attached hydrogens (tertiary/aromatic N) is 1. The summed E-state index contributed by atoms with van der Waals surface area (Å²) in [5.41, 5.74) is 1.61. The molecule has 1 N–H and O–H groups in total. The van der Waals surface area contributed by atoms with Gasteiger partial charge in [-0.2, -0.15) is 0 Å². The topological polar surface area (TPSA) is 37.9 Å². The van der Waals surface area contributed by atoms with Crippen LogP contribution in [0.15, 0.2) is 42.5 Å². The van der Waals surface area contributed by atoms with Crippen molar-refractivity contribution in [1.82, 2.24) is 9.97 Å². The minimum atomic E-state index is -4.72. The molecule has 0 spiro atoms. The van der Waals surface area contributed by atoms with Crippen LogP contribution >= 0.6 is 0 Å². The maximum absolute atomic E-state index is 13.8. The number of alkyl halides is 3. The minimum absolute atomic E-state index is 0.184. The van der Waals surface area contributed by atoms with E-state index in [1.54, 1.807) is 24.3 Å². The minimum Gasteiger partial charge on any atom is -0.406 e. The fraction of sp³-hybridized carbons (Fsp3) is 0.235. The number of H-pyrrole nitrogens is 1. The third kappa shape index (κ3) is 3.34. The Kier molecular flexibility index (Phi) is 4.17. The van der Waals surface area contributed by atoms with E-state index in [9.17, 15) is 17.6 Å². The second kappa shape index (κ2) is 6.14. The van der Waals surface area contributed by atoms with Crippen LogP contribution in [0.5, 0.6) is 5.75 Å². The van der Waals surface area contributed by atoms with Gasteiger partial charge < -0.3 is 9.72 Å². The first-order valence-electron chi connectivity index (χ1n) is 7.37. The summed E-state index contributed by atoms with van der Waals surface area (Å²) >= 11 is 0. The Morgan fingerprint density at radius 3 is 2.42 bits per heavy atom. The van der Waals surface area contributed by atoms with Crippen LogP contribution in [0.2, 0.25) is 0 Å². The van der Waals surface area contributed by atoms with Crippen molar-refractivity contribution in [2.75, 3.05) is 0 Å². The first-order valence-corrected chi connectivity index (χ1v) is 7.37. The van der Waals surface area contributed by atoms with E-state index in [4.69, 9.17) is 0 Å². The van der Waals surface area contributed by atoms with Crippen molar-refractivity contribution >= 4 is 11.0 Å². The van der Waals surface area contributed by atoms with Crippen molar-refractivity contribution in [2.45, 2.75) is 25.6 Å². The van der Waals surface area contributed by atoms with Crippen molar-refractivity contribution < 1.29 is 22.3 Å². The summed E-state index contributed by atoms with van der Waals surface area (Å²) in [6.07, 6.45) is -4.07. The number of aromatic nitrogens is 2. The molecule has 0 radical (unpaired) electrons. The number of fused-ring (bicyclic) bond motifs is 1.